The minimum absolute atomic E-state index is 0.299. The molecule has 1 rings (SSSR count). The summed E-state index contributed by atoms with van der Waals surface area (Å²) in [5.74, 6) is -0.299. The van der Waals surface area contributed by atoms with Crippen molar-refractivity contribution in [1.82, 2.24) is 0 Å². The molecule has 0 aliphatic rings. The number of thiophene rings is 1. The second kappa shape index (κ2) is 4.72. The van der Waals surface area contributed by atoms with E-state index < -0.39 is 0 Å². The summed E-state index contributed by atoms with van der Waals surface area (Å²) in [7, 11) is 1.37. The molecular weight excluding hydrogens is 172 g/mol. The Bertz CT molecular complexity index is 262. The van der Waals surface area contributed by atoms with E-state index in [0.29, 0.717) is 0 Å². The predicted molar refractivity (Wildman–Crippen MR) is 49.2 cm³/mol. The average Bonchev–Trinajstić information content (AvgIpc) is 2.57. The number of allylic oxidation sites excluding steroid dienone is 1. The van der Waals surface area contributed by atoms with E-state index in [9.17, 15) is 4.79 Å². The third-order valence-electron chi connectivity index (χ3n) is 1.35. The van der Waals surface area contributed by atoms with Crippen molar-refractivity contribution in [1.29, 1.82) is 0 Å². The van der Waals surface area contributed by atoms with Gasteiger partial charge in [-0.05, 0) is 11.4 Å². The van der Waals surface area contributed by atoms with Gasteiger partial charge in [0.25, 0.3) is 0 Å². The van der Waals surface area contributed by atoms with Crippen LogP contribution < -0.4 is 0 Å². The lowest BCUT2D eigenvalue weighted by Crippen LogP contribution is -1.93. The number of hydrogen-bond acceptors (Lipinski definition) is 3. The first-order valence-corrected chi connectivity index (χ1v) is 4.48. The van der Waals surface area contributed by atoms with Gasteiger partial charge in [0.2, 0.25) is 0 Å². The van der Waals surface area contributed by atoms with Gasteiger partial charge in [0.15, 0.2) is 0 Å². The number of esters is 1. The molecular formula is C9H10O2S. The highest BCUT2D eigenvalue weighted by Gasteiger charge is 1.91. The van der Waals surface area contributed by atoms with Gasteiger partial charge in [0.05, 0.1) is 7.11 Å². The van der Waals surface area contributed by atoms with Crippen LogP contribution in [-0.2, 0) is 16.0 Å². The van der Waals surface area contributed by atoms with Crippen LogP contribution in [0.1, 0.15) is 4.88 Å². The SMILES string of the molecule is COC(=O)C=CCc1cccs1. The highest BCUT2D eigenvalue weighted by Crippen LogP contribution is 2.09. The fourth-order valence-corrected chi connectivity index (χ4v) is 1.45. The summed E-state index contributed by atoms with van der Waals surface area (Å²) in [6, 6.07) is 4.03. The summed E-state index contributed by atoms with van der Waals surface area (Å²) >= 11 is 1.68. The number of carbonyl (C=O) groups excluding carboxylic acids is 1. The van der Waals surface area contributed by atoms with Crippen molar-refractivity contribution >= 4 is 17.3 Å². The third kappa shape index (κ3) is 2.88. The molecule has 0 saturated carbocycles. The molecule has 1 aromatic heterocycles. The number of carbonyl (C=O) groups is 1. The lowest BCUT2D eigenvalue weighted by Gasteiger charge is -1.89. The smallest absolute Gasteiger partial charge is 0.330 e. The van der Waals surface area contributed by atoms with E-state index in [1.165, 1.54) is 18.1 Å². The standard InChI is InChI=1S/C9H10O2S/c1-11-9(10)6-2-4-8-5-3-7-12-8/h2-3,5-7H,4H2,1H3. The zero-order valence-corrected chi connectivity index (χ0v) is 7.64. The molecule has 0 aliphatic heterocycles. The second-order valence-corrected chi connectivity index (χ2v) is 3.24. The van der Waals surface area contributed by atoms with Gasteiger partial charge in [-0.2, -0.15) is 0 Å². The zero-order valence-electron chi connectivity index (χ0n) is 6.82. The van der Waals surface area contributed by atoms with Gasteiger partial charge in [-0.15, -0.1) is 11.3 Å². The molecule has 0 unspecified atom stereocenters. The number of rotatable bonds is 3. The number of hydrogen-bond donors (Lipinski definition) is 0. The molecule has 0 aromatic carbocycles. The van der Waals surface area contributed by atoms with Crippen molar-refractivity contribution in [2.75, 3.05) is 7.11 Å². The van der Waals surface area contributed by atoms with Crippen molar-refractivity contribution in [3.63, 3.8) is 0 Å². The Morgan fingerprint density at radius 3 is 3.17 bits per heavy atom. The van der Waals surface area contributed by atoms with Crippen LogP contribution in [0.5, 0.6) is 0 Å². The van der Waals surface area contributed by atoms with E-state index >= 15 is 0 Å². The molecule has 3 heteroatoms. The maximum absolute atomic E-state index is 10.6. The fourth-order valence-electron chi connectivity index (χ4n) is 0.768. The molecule has 0 radical (unpaired) electrons. The third-order valence-corrected chi connectivity index (χ3v) is 2.25. The lowest BCUT2D eigenvalue weighted by molar-refractivity contribution is -0.134. The Morgan fingerprint density at radius 2 is 2.58 bits per heavy atom. The highest BCUT2D eigenvalue weighted by atomic mass is 32.1. The van der Waals surface area contributed by atoms with Gasteiger partial charge in [0.1, 0.15) is 0 Å². The zero-order chi connectivity index (χ0) is 8.81. The van der Waals surface area contributed by atoms with Gasteiger partial charge in [0, 0.05) is 17.4 Å². The lowest BCUT2D eigenvalue weighted by atomic mass is 10.3. The topological polar surface area (TPSA) is 26.3 Å². The minimum atomic E-state index is -0.299. The Hall–Kier alpha value is -1.09. The Labute approximate surface area is 75.5 Å². The molecule has 1 heterocycles. The fraction of sp³-hybridized carbons (Fsp3) is 0.222. The number of methoxy groups -OCH3 is 1. The van der Waals surface area contributed by atoms with Crippen molar-refractivity contribution in [3.05, 3.63) is 34.5 Å². The predicted octanol–water partition coefficient (Wildman–Crippen LogP) is 2.02. The van der Waals surface area contributed by atoms with Crippen LogP contribution in [0.3, 0.4) is 0 Å². The molecule has 2 nitrogen and oxygen atoms in total. The molecule has 0 saturated heterocycles. The minimum Gasteiger partial charge on any atom is -0.466 e. The first-order valence-electron chi connectivity index (χ1n) is 3.60. The highest BCUT2D eigenvalue weighted by molar-refractivity contribution is 7.09. The van der Waals surface area contributed by atoms with E-state index in [1.807, 2.05) is 17.5 Å². The first kappa shape index (κ1) is 9.00. The van der Waals surface area contributed by atoms with E-state index in [2.05, 4.69) is 4.74 Å². The van der Waals surface area contributed by atoms with Crippen molar-refractivity contribution < 1.29 is 9.53 Å². The molecule has 12 heavy (non-hydrogen) atoms. The average molecular weight is 182 g/mol. The Morgan fingerprint density at radius 1 is 1.75 bits per heavy atom. The van der Waals surface area contributed by atoms with E-state index in [1.54, 1.807) is 17.4 Å². The molecule has 0 amide bonds. The van der Waals surface area contributed by atoms with Crippen molar-refractivity contribution in [2.24, 2.45) is 0 Å². The molecule has 64 valence electrons. The number of ether oxygens (including phenoxy) is 1. The van der Waals surface area contributed by atoms with Gasteiger partial charge in [-0.3, -0.25) is 0 Å². The summed E-state index contributed by atoms with van der Waals surface area (Å²) in [5.41, 5.74) is 0. The van der Waals surface area contributed by atoms with Gasteiger partial charge >= 0.3 is 5.97 Å². The van der Waals surface area contributed by atoms with Crippen LogP contribution in [0, 0.1) is 0 Å². The molecule has 0 atom stereocenters. The van der Waals surface area contributed by atoms with Gasteiger partial charge < -0.3 is 4.74 Å². The molecule has 0 spiro atoms. The van der Waals surface area contributed by atoms with E-state index in [-0.39, 0.29) is 5.97 Å². The molecule has 0 bridgehead atoms. The summed E-state index contributed by atoms with van der Waals surface area (Å²) in [6.45, 7) is 0. The van der Waals surface area contributed by atoms with Gasteiger partial charge in [-0.25, -0.2) is 4.79 Å². The van der Waals surface area contributed by atoms with Crippen LogP contribution >= 0.6 is 11.3 Å². The van der Waals surface area contributed by atoms with Crippen molar-refractivity contribution in [3.8, 4) is 0 Å². The summed E-state index contributed by atoms with van der Waals surface area (Å²) in [5, 5.41) is 2.02. The van der Waals surface area contributed by atoms with Crippen LogP contribution in [0.15, 0.2) is 29.7 Å². The largest absolute Gasteiger partial charge is 0.466 e. The maximum atomic E-state index is 10.6. The Balaban J connectivity index is 2.35. The molecule has 0 aliphatic carbocycles. The molecule has 1 aromatic rings. The van der Waals surface area contributed by atoms with Crippen LogP contribution in [0.25, 0.3) is 0 Å². The van der Waals surface area contributed by atoms with Crippen LogP contribution in [0.2, 0.25) is 0 Å². The van der Waals surface area contributed by atoms with Crippen LogP contribution in [0.4, 0.5) is 0 Å². The normalized spacial score (nSPS) is 10.4. The van der Waals surface area contributed by atoms with Crippen molar-refractivity contribution in [2.45, 2.75) is 6.42 Å². The maximum Gasteiger partial charge on any atom is 0.330 e. The summed E-state index contributed by atoms with van der Waals surface area (Å²) in [6.07, 6.45) is 4.05. The Kier molecular flexibility index (Phi) is 3.54. The quantitative estimate of drug-likeness (QED) is 0.528. The molecule has 0 fully saturated rings. The monoisotopic (exact) mass is 182 g/mol. The van der Waals surface area contributed by atoms with Gasteiger partial charge in [-0.1, -0.05) is 12.1 Å². The molecule has 0 N–H and O–H groups in total. The second-order valence-electron chi connectivity index (χ2n) is 2.21. The van der Waals surface area contributed by atoms with E-state index in [0.717, 1.165) is 6.42 Å². The van der Waals surface area contributed by atoms with Crippen LogP contribution in [-0.4, -0.2) is 13.1 Å². The summed E-state index contributed by atoms with van der Waals surface area (Å²) in [4.78, 5) is 11.9. The summed E-state index contributed by atoms with van der Waals surface area (Å²) < 4.78 is 4.45. The first-order chi connectivity index (χ1) is 5.83. The van der Waals surface area contributed by atoms with E-state index in [4.69, 9.17) is 0 Å².